The molecule has 1 aliphatic rings. The molecule has 1 atom stereocenters. The van der Waals surface area contributed by atoms with Gasteiger partial charge in [-0.1, -0.05) is 30.2 Å². The number of hydrogen-bond donors (Lipinski definition) is 2. The highest BCUT2D eigenvalue weighted by Crippen LogP contribution is 2.48. The molecule has 134 valence electrons. The maximum Gasteiger partial charge on any atom is 0.422 e. The molecular weight excluding hydrogens is 355 g/mol. The Labute approximate surface area is 152 Å². The van der Waals surface area contributed by atoms with Crippen LogP contribution in [0.3, 0.4) is 0 Å². The monoisotopic (exact) mass is 367 g/mol. The van der Waals surface area contributed by atoms with Crippen LogP contribution in [0.15, 0.2) is 53.5 Å². The fourth-order valence-electron chi connectivity index (χ4n) is 2.88. The van der Waals surface area contributed by atoms with E-state index in [1.165, 1.54) is 18.2 Å². The van der Waals surface area contributed by atoms with Gasteiger partial charge in [0, 0.05) is 22.9 Å². The van der Waals surface area contributed by atoms with Crippen molar-refractivity contribution in [3.05, 3.63) is 59.7 Å². The molecule has 1 aliphatic heterocycles. The minimum absolute atomic E-state index is 0.00833. The van der Waals surface area contributed by atoms with E-state index in [1.807, 2.05) is 0 Å². The third kappa shape index (κ3) is 2.75. The van der Waals surface area contributed by atoms with E-state index in [4.69, 9.17) is 6.42 Å². The van der Waals surface area contributed by atoms with Gasteiger partial charge in [-0.2, -0.15) is 18.3 Å². The molecule has 0 spiro atoms. The Kier molecular flexibility index (Phi) is 3.60. The van der Waals surface area contributed by atoms with E-state index >= 15 is 0 Å². The first-order valence-corrected chi connectivity index (χ1v) is 7.93. The quantitative estimate of drug-likeness (QED) is 0.679. The summed E-state index contributed by atoms with van der Waals surface area (Å²) < 4.78 is 39.3. The maximum absolute atomic E-state index is 13.1. The highest BCUT2D eigenvalue weighted by Gasteiger charge is 2.61. The van der Waals surface area contributed by atoms with Crippen LogP contribution in [0, 0.1) is 12.3 Å². The number of aromatic hydroxyl groups is 1. The predicted octanol–water partition coefficient (Wildman–Crippen LogP) is 4.27. The van der Waals surface area contributed by atoms with Crippen LogP contribution >= 0.6 is 0 Å². The number of halogens is 3. The summed E-state index contributed by atoms with van der Waals surface area (Å²) in [5.41, 5.74) is 0.685. The van der Waals surface area contributed by atoms with Gasteiger partial charge in [0.05, 0.1) is 11.4 Å². The second kappa shape index (κ2) is 5.74. The number of rotatable bonds is 3. The van der Waals surface area contributed by atoms with Crippen molar-refractivity contribution in [1.82, 2.24) is 10.2 Å². The first-order valence-electron chi connectivity index (χ1n) is 7.93. The average molecular weight is 367 g/mol. The molecule has 27 heavy (non-hydrogen) atoms. The molecule has 4 rings (SSSR count). The summed E-state index contributed by atoms with van der Waals surface area (Å²) in [6.07, 6.45) is 1.75. The van der Waals surface area contributed by atoms with E-state index in [-0.39, 0.29) is 11.3 Å². The minimum Gasteiger partial charge on any atom is -0.507 e. The summed E-state index contributed by atoms with van der Waals surface area (Å²) in [4.78, 5) is 3.43. The number of phenols is 1. The number of nitrogens with zero attached hydrogens (tertiary/aromatic N) is 2. The molecule has 7 heteroatoms. The van der Waals surface area contributed by atoms with Crippen molar-refractivity contribution in [2.45, 2.75) is 11.7 Å². The Hall–Kier alpha value is -3.53. The lowest BCUT2D eigenvalue weighted by molar-refractivity contribution is -0.156. The first kappa shape index (κ1) is 16.9. The largest absolute Gasteiger partial charge is 0.507 e. The maximum atomic E-state index is 13.1. The Morgan fingerprint density at radius 2 is 1.78 bits per heavy atom. The van der Waals surface area contributed by atoms with Crippen molar-refractivity contribution in [2.75, 3.05) is 0 Å². The smallest absolute Gasteiger partial charge is 0.422 e. The van der Waals surface area contributed by atoms with Gasteiger partial charge in [0.1, 0.15) is 5.75 Å². The normalized spacial score (nSPS) is 18.3. The van der Waals surface area contributed by atoms with Crippen LogP contribution in [-0.4, -0.2) is 27.7 Å². The van der Waals surface area contributed by atoms with Gasteiger partial charge in [-0.3, -0.25) is 10.1 Å². The van der Waals surface area contributed by atoms with Crippen molar-refractivity contribution >= 4 is 6.21 Å². The molecule has 0 bridgehead atoms. The van der Waals surface area contributed by atoms with Gasteiger partial charge in [-0.15, -0.1) is 6.42 Å². The van der Waals surface area contributed by atoms with Crippen molar-refractivity contribution in [3.63, 3.8) is 0 Å². The lowest BCUT2D eigenvalue weighted by Gasteiger charge is -2.17. The molecule has 2 N–H and O–H groups in total. The van der Waals surface area contributed by atoms with Crippen LogP contribution in [0.2, 0.25) is 0 Å². The van der Waals surface area contributed by atoms with Gasteiger partial charge >= 0.3 is 6.18 Å². The number of aromatic nitrogens is 2. The Morgan fingerprint density at radius 3 is 2.33 bits per heavy atom. The molecule has 0 saturated heterocycles. The molecule has 4 nitrogen and oxygen atoms in total. The topological polar surface area (TPSA) is 61.3 Å². The fourth-order valence-corrected chi connectivity index (χ4v) is 2.88. The van der Waals surface area contributed by atoms with Crippen LogP contribution in [-0.2, 0) is 5.54 Å². The Bertz CT molecular complexity index is 1080. The number of hydrogen-bond acceptors (Lipinski definition) is 3. The summed E-state index contributed by atoms with van der Waals surface area (Å²) in [5, 5.41) is 17.1. The van der Waals surface area contributed by atoms with E-state index in [0.717, 1.165) is 6.21 Å². The van der Waals surface area contributed by atoms with Crippen LogP contribution in [0.25, 0.3) is 22.5 Å². The molecule has 0 saturated carbocycles. The van der Waals surface area contributed by atoms with E-state index in [2.05, 4.69) is 21.1 Å². The third-order valence-electron chi connectivity index (χ3n) is 4.47. The number of aliphatic imine (C=N–C) groups is 1. The summed E-state index contributed by atoms with van der Waals surface area (Å²) >= 11 is 0. The molecule has 0 amide bonds. The molecule has 1 aromatic heterocycles. The second-order valence-corrected chi connectivity index (χ2v) is 6.14. The number of terminal acetylenes is 1. The van der Waals surface area contributed by atoms with Gasteiger partial charge in [-0.05, 0) is 29.8 Å². The summed E-state index contributed by atoms with van der Waals surface area (Å²) in [6.45, 7) is 0. The molecule has 3 aromatic rings. The fraction of sp³-hybridized carbons (Fsp3) is 0.100. The zero-order chi connectivity index (χ0) is 19.2. The van der Waals surface area contributed by atoms with Gasteiger partial charge < -0.3 is 5.11 Å². The van der Waals surface area contributed by atoms with E-state index in [1.54, 1.807) is 30.3 Å². The lowest BCUT2D eigenvalue weighted by atomic mass is 9.95. The van der Waals surface area contributed by atoms with E-state index in [0.29, 0.717) is 28.1 Å². The first-order chi connectivity index (χ1) is 12.8. The summed E-state index contributed by atoms with van der Waals surface area (Å²) in [5.74, 6) is 2.44. The highest BCUT2D eigenvalue weighted by molar-refractivity contribution is 5.88. The second-order valence-electron chi connectivity index (χ2n) is 6.14. The zero-order valence-corrected chi connectivity index (χ0v) is 13.7. The van der Waals surface area contributed by atoms with Crippen molar-refractivity contribution in [3.8, 4) is 40.6 Å². The molecule has 0 radical (unpaired) electrons. The van der Waals surface area contributed by atoms with Crippen LogP contribution < -0.4 is 0 Å². The number of H-pyrrole nitrogens is 1. The number of alkyl halides is 3. The Balaban J connectivity index is 1.62. The van der Waals surface area contributed by atoms with Crippen LogP contribution in [0.5, 0.6) is 5.75 Å². The third-order valence-corrected chi connectivity index (χ3v) is 4.47. The summed E-state index contributed by atoms with van der Waals surface area (Å²) in [6, 6.07) is 12.4. The molecule has 0 fully saturated rings. The molecule has 1 unspecified atom stereocenters. The summed E-state index contributed by atoms with van der Waals surface area (Å²) in [7, 11) is 0. The van der Waals surface area contributed by atoms with Crippen LogP contribution in [0.1, 0.15) is 11.1 Å². The number of phenolic OH excluding ortho intramolecular Hbond substituents is 1. The standard InChI is InChI=1S/C20H12F3N3O/c1-2-12-3-8-15(18(27)9-12)17-10-16(25-26-17)13-4-6-14(7-5-13)19(11-24-19)20(21,22)23/h1,3-11,27H,(H,25,26). The van der Waals surface area contributed by atoms with E-state index in [9.17, 15) is 18.3 Å². The molecular formula is C20H12F3N3O. The van der Waals surface area contributed by atoms with Crippen molar-refractivity contribution in [2.24, 2.45) is 4.99 Å². The molecule has 2 heterocycles. The van der Waals surface area contributed by atoms with Crippen molar-refractivity contribution in [1.29, 1.82) is 0 Å². The lowest BCUT2D eigenvalue weighted by Crippen LogP contribution is -2.31. The Morgan fingerprint density at radius 1 is 1.07 bits per heavy atom. The number of nitrogens with one attached hydrogen (secondary N) is 1. The van der Waals surface area contributed by atoms with Gasteiger partial charge in [0.2, 0.25) is 5.54 Å². The minimum atomic E-state index is -4.45. The molecule has 0 aliphatic carbocycles. The van der Waals surface area contributed by atoms with Gasteiger partial charge in [-0.25, -0.2) is 0 Å². The zero-order valence-electron chi connectivity index (χ0n) is 13.7. The number of aromatic amines is 1. The number of benzene rings is 2. The van der Waals surface area contributed by atoms with Gasteiger partial charge in [0.15, 0.2) is 0 Å². The average Bonchev–Trinajstić information content (AvgIpc) is 3.34. The highest BCUT2D eigenvalue weighted by atomic mass is 19.4. The van der Waals surface area contributed by atoms with Gasteiger partial charge in [0.25, 0.3) is 0 Å². The molecule has 2 aromatic carbocycles. The van der Waals surface area contributed by atoms with Crippen LogP contribution in [0.4, 0.5) is 13.2 Å². The van der Waals surface area contributed by atoms with Crippen molar-refractivity contribution < 1.29 is 18.3 Å². The SMILES string of the molecule is C#Cc1ccc(-c2cc(-c3ccc(C4(C(F)(F)F)C=N4)cc3)n[nH]2)c(O)c1. The predicted molar refractivity (Wildman–Crippen MR) is 95.3 cm³/mol. The van der Waals surface area contributed by atoms with E-state index < -0.39 is 11.7 Å².